The standard InChI is InChI=1S/C18H18F3N3O2/c1-12(8-9-13-5-4-10-26-13)22-16(25)11-24-15-7-3-2-6-14(15)23-17(24)18(19,20)21/h2-7,10,12H,8-9,11H2,1H3,(H,22,25). The number of nitrogens with one attached hydrogen (secondary N) is 1. The summed E-state index contributed by atoms with van der Waals surface area (Å²) in [6, 6.07) is 9.65. The maximum Gasteiger partial charge on any atom is 0.449 e. The first-order chi connectivity index (χ1) is 12.3. The molecule has 0 bridgehead atoms. The Hall–Kier alpha value is -2.77. The van der Waals surface area contributed by atoms with Crippen LogP contribution in [0.3, 0.4) is 0 Å². The van der Waals surface area contributed by atoms with Gasteiger partial charge in [-0.05, 0) is 37.6 Å². The Balaban J connectivity index is 1.70. The zero-order valence-corrected chi connectivity index (χ0v) is 14.1. The molecule has 1 amide bonds. The quantitative estimate of drug-likeness (QED) is 0.723. The molecule has 1 atom stereocenters. The lowest BCUT2D eigenvalue weighted by atomic mass is 10.1. The van der Waals surface area contributed by atoms with Crippen LogP contribution in [0.5, 0.6) is 0 Å². The van der Waals surface area contributed by atoms with Crippen molar-refractivity contribution >= 4 is 16.9 Å². The molecule has 0 radical (unpaired) electrons. The van der Waals surface area contributed by atoms with E-state index in [1.807, 2.05) is 6.07 Å². The second-order valence-electron chi connectivity index (χ2n) is 6.09. The third-order valence-corrected chi connectivity index (χ3v) is 4.02. The van der Waals surface area contributed by atoms with Gasteiger partial charge < -0.3 is 14.3 Å². The van der Waals surface area contributed by atoms with Crippen LogP contribution in [0.25, 0.3) is 11.0 Å². The van der Waals surface area contributed by atoms with Crippen molar-refractivity contribution in [1.29, 1.82) is 0 Å². The molecule has 0 aliphatic carbocycles. The monoisotopic (exact) mass is 365 g/mol. The molecule has 8 heteroatoms. The summed E-state index contributed by atoms with van der Waals surface area (Å²) in [7, 11) is 0. The van der Waals surface area contributed by atoms with Crippen LogP contribution in [0.4, 0.5) is 13.2 Å². The van der Waals surface area contributed by atoms with Crippen LogP contribution in [-0.2, 0) is 23.9 Å². The molecule has 0 aliphatic rings. The van der Waals surface area contributed by atoms with Crippen molar-refractivity contribution < 1.29 is 22.4 Å². The number of carbonyl (C=O) groups excluding carboxylic acids is 1. The van der Waals surface area contributed by atoms with Crippen LogP contribution in [0.1, 0.15) is 24.9 Å². The fourth-order valence-corrected chi connectivity index (χ4v) is 2.80. The Kier molecular flexibility index (Phi) is 5.01. The number of carbonyl (C=O) groups is 1. The summed E-state index contributed by atoms with van der Waals surface area (Å²) in [6.45, 7) is 1.36. The number of hydrogen-bond acceptors (Lipinski definition) is 3. The highest BCUT2D eigenvalue weighted by atomic mass is 19.4. The summed E-state index contributed by atoms with van der Waals surface area (Å²) in [5.41, 5.74) is 0.483. The number of halogens is 3. The first-order valence-corrected chi connectivity index (χ1v) is 8.19. The summed E-state index contributed by atoms with van der Waals surface area (Å²) in [4.78, 5) is 15.9. The van der Waals surface area contributed by atoms with Gasteiger partial charge in [-0.1, -0.05) is 12.1 Å². The number of fused-ring (bicyclic) bond motifs is 1. The van der Waals surface area contributed by atoms with Crippen molar-refractivity contribution in [2.24, 2.45) is 0 Å². The fourth-order valence-electron chi connectivity index (χ4n) is 2.80. The Morgan fingerprint density at radius 1 is 1.27 bits per heavy atom. The van der Waals surface area contributed by atoms with Gasteiger partial charge in [0.1, 0.15) is 12.3 Å². The molecule has 0 saturated carbocycles. The number of rotatable bonds is 6. The maximum atomic E-state index is 13.3. The molecule has 2 heterocycles. The van der Waals surface area contributed by atoms with Crippen molar-refractivity contribution in [3.05, 3.63) is 54.2 Å². The van der Waals surface area contributed by atoms with Gasteiger partial charge in [-0.25, -0.2) is 4.98 Å². The van der Waals surface area contributed by atoms with Crippen LogP contribution in [0.2, 0.25) is 0 Å². The van der Waals surface area contributed by atoms with Gasteiger partial charge in [0.2, 0.25) is 11.7 Å². The highest BCUT2D eigenvalue weighted by molar-refractivity contribution is 5.81. The summed E-state index contributed by atoms with van der Waals surface area (Å²) < 4.78 is 45.9. The van der Waals surface area contributed by atoms with Crippen LogP contribution in [0.15, 0.2) is 47.1 Å². The summed E-state index contributed by atoms with van der Waals surface area (Å²) in [5.74, 6) is -0.770. The predicted molar refractivity (Wildman–Crippen MR) is 89.4 cm³/mol. The molecule has 1 aromatic carbocycles. The molecule has 3 rings (SSSR count). The molecule has 1 unspecified atom stereocenters. The summed E-state index contributed by atoms with van der Waals surface area (Å²) in [6.07, 6.45) is -1.81. The zero-order chi connectivity index (χ0) is 18.7. The van der Waals surface area contributed by atoms with Crippen LogP contribution in [-0.4, -0.2) is 21.5 Å². The maximum absolute atomic E-state index is 13.3. The molecule has 26 heavy (non-hydrogen) atoms. The molecule has 0 spiro atoms. The third-order valence-electron chi connectivity index (χ3n) is 4.02. The van der Waals surface area contributed by atoms with Gasteiger partial charge in [-0.2, -0.15) is 13.2 Å². The summed E-state index contributed by atoms with van der Waals surface area (Å²) >= 11 is 0. The van der Waals surface area contributed by atoms with Crippen molar-refractivity contribution in [2.45, 2.75) is 38.5 Å². The second-order valence-corrected chi connectivity index (χ2v) is 6.09. The minimum atomic E-state index is -4.63. The Morgan fingerprint density at radius 2 is 2.04 bits per heavy atom. The highest BCUT2D eigenvalue weighted by Crippen LogP contribution is 2.31. The molecule has 3 aromatic rings. The molecule has 5 nitrogen and oxygen atoms in total. The van der Waals surface area contributed by atoms with Crippen molar-refractivity contribution in [3.63, 3.8) is 0 Å². The average molecular weight is 365 g/mol. The predicted octanol–water partition coefficient (Wildman–Crippen LogP) is 3.79. The minimum absolute atomic E-state index is 0.197. The van der Waals surface area contributed by atoms with Gasteiger partial charge >= 0.3 is 6.18 Å². The van der Waals surface area contributed by atoms with E-state index in [1.54, 1.807) is 31.4 Å². The Bertz CT molecular complexity index is 885. The third kappa shape index (κ3) is 4.07. The van der Waals surface area contributed by atoms with E-state index < -0.39 is 24.5 Å². The topological polar surface area (TPSA) is 60.1 Å². The number of aryl methyl sites for hydroxylation is 1. The smallest absolute Gasteiger partial charge is 0.449 e. The molecule has 0 saturated heterocycles. The van der Waals surface area contributed by atoms with Crippen LogP contribution < -0.4 is 5.32 Å². The largest absolute Gasteiger partial charge is 0.469 e. The number of benzene rings is 1. The van der Waals surface area contributed by atoms with Gasteiger partial charge in [0.05, 0.1) is 17.3 Å². The van der Waals surface area contributed by atoms with E-state index in [0.717, 1.165) is 10.3 Å². The summed E-state index contributed by atoms with van der Waals surface area (Å²) in [5, 5.41) is 2.73. The van der Waals surface area contributed by atoms with E-state index in [2.05, 4.69) is 10.3 Å². The van der Waals surface area contributed by atoms with E-state index >= 15 is 0 Å². The zero-order valence-electron chi connectivity index (χ0n) is 14.1. The lowest BCUT2D eigenvalue weighted by Gasteiger charge is -2.15. The Morgan fingerprint density at radius 3 is 2.73 bits per heavy atom. The van der Waals surface area contributed by atoms with Gasteiger partial charge in [-0.15, -0.1) is 0 Å². The lowest BCUT2D eigenvalue weighted by Crippen LogP contribution is -2.36. The first kappa shape index (κ1) is 18.0. The van der Waals surface area contributed by atoms with Gasteiger partial charge in [0.15, 0.2) is 0 Å². The molecule has 1 N–H and O–H groups in total. The number of alkyl halides is 3. The van der Waals surface area contributed by atoms with Gasteiger partial charge in [0.25, 0.3) is 0 Å². The lowest BCUT2D eigenvalue weighted by molar-refractivity contribution is -0.147. The van der Waals surface area contributed by atoms with Crippen molar-refractivity contribution in [3.8, 4) is 0 Å². The van der Waals surface area contributed by atoms with Crippen LogP contribution >= 0.6 is 0 Å². The normalized spacial score (nSPS) is 13.1. The van der Waals surface area contributed by atoms with Gasteiger partial charge in [-0.3, -0.25) is 4.79 Å². The first-order valence-electron chi connectivity index (χ1n) is 8.19. The van der Waals surface area contributed by atoms with E-state index in [-0.39, 0.29) is 17.1 Å². The number of furan rings is 1. The molecule has 0 fully saturated rings. The second kappa shape index (κ2) is 7.23. The molecule has 0 aliphatic heterocycles. The number of aromatic nitrogens is 2. The number of amides is 1. The fraction of sp³-hybridized carbons (Fsp3) is 0.333. The highest BCUT2D eigenvalue weighted by Gasteiger charge is 2.38. The average Bonchev–Trinajstić information content (AvgIpc) is 3.20. The van der Waals surface area contributed by atoms with E-state index in [1.165, 1.54) is 12.1 Å². The number of hydrogen-bond donors (Lipinski definition) is 1. The van der Waals surface area contributed by atoms with E-state index in [4.69, 9.17) is 4.42 Å². The molecular weight excluding hydrogens is 347 g/mol. The SMILES string of the molecule is CC(CCc1ccco1)NC(=O)Cn1c(C(F)(F)F)nc2ccccc21. The van der Waals surface area contributed by atoms with E-state index in [9.17, 15) is 18.0 Å². The number of imidazole rings is 1. The molecule has 138 valence electrons. The molecule has 2 aromatic heterocycles. The van der Waals surface area contributed by atoms with Gasteiger partial charge in [0, 0.05) is 12.5 Å². The number of para-hydroxylation sites is 2. The molecular formula is C18H18F3N3O2. The van der Waals surface area contributed by atoms with Crippen molar-refractivity contribution in [1.82, 2.24) is 14.9 Å². The van der Waals surface area contributed by atoms with Crippen LogP contribution in [0, 0.1) is 0 Å². The van der Waals surface area contributed by atoms with Crippen molar-refractivity contribution in [2.75, 3.05) is 0 Å². The minimum Gasteiger partial charge on any atom is -0.469 e. The van der Waals surface area contributed by atoms with E-state index in [0.29, 0.717) is 12.8 Å². The Labute approximate surface area is 147 Å². The number of nitrogens with zero attached hydrogens (tertiary/aromatic N) is 2.